The van der Waals surface area contributed by atoms with Crippen LogP contribution in [0.1, 0.15) is 51.6 Å². The molecule has 1 aliphatic carbocycles. The van der Waals surface area contributed by atoms with E-state index in [9.17, 15) is 24.3 Å². The van der Waals surface area contributed by atoms with Crippen molar-refractivity contribution in [2.24, 2.45) is 0 Å². The quantitative estimate of drug-likeness (QED) is 0.187. The van der Waals surface area contributed by atoms with Crippen LogP contribution in [0.15, 0.2) is 61.1 Å². The lowest BCUT2D eigenvalue weighted by molar-refractivity contribution is -0.150. The lowest BCUT2D eigenvalue weighted by atomic mass is 10.1. The fourth-order valence-electron chi connectivity index (χ4n) is 4.30. The average Bonchev–Trinajstić information content (AvgIpc) is 3.69. The number of fused-ring (bicyclic) bond motifs is 1. The van der Waals surface area contributed by atoms with E-state index in [0.29, 0.717) is 34.3 Å². The predicted octanol–water partition coefficient (Wildman–Crippen LogP) is 3.40. The molecule has 0 aliphatic heterocycles. The number of anilines is 2. The predicted molar refractivity (Wildman–Crippen MR) is 154 cm³/mol. The number of aryl methyl sites for hydroxylation is 1. The summed E-state index contributed by atoms with van der Waals surface area (Å²) in [5, 5.41) is 19.3. The minimum atomic E-state index is -0.945. The maximum Gasteiger partial charge on any atom is 0.423 e. The number of hydrogen-bond acceptors (Lipinski definition) is 9. The van der Waals surface area contributed by atoms with Gasteiger partial charge in [-0.3, -0.25) is 14.4 Å². The molecule has 0 spiro atoms. The second-order valence-corrected chi connectivity index (χ2v) is 9.97. The van der Waals surface area contributed by atoms with Crippen molar-refractivity contribution in [1.29, 1.82) is 0 Å². The fraction of sp³-hybridized carbons (Fsp3) is 0.267. The van der Waals surface area contributed by atoms with E-state index in [1.807, 2.05) is 0 Å². The topological polar surface area (TPSA) is 164 Å². The number of nitrogens with one attached hydrogen (secondary N) is 2. The SMILES string of the molecule is CCNC(=O)c1ccc(C)c(N(C(=O)OCOC(=O)Cc2ccc(O)cc2)c2ncnn3cc(C(=O)NC4CC4)cc23)c1. The molecule has 13 nitrogen and oxygen atoms in total. The molecule has 2 aromatic carbocycles. The minimum Gasteiger partial charge on any atom is -0.508 e. The molecule has 1 saturated carbocycles. The summed E-state index contributed by atoms with van der Waals surface area (Å²) in [5.41, 5.74) is 2.46. The largest absolute Gasteiger partial charge is 0.508 e. The number of aromatic hydroxyl groups is 1. The van der Waals surface area contributed by atoms with E-state index in [-0.39, 0.29) is 41.5 Å². The van der Waals surface area contributed by atoms with E-state index in [1.165, 1.54) is 35.2 Å². The molecule has 2 aromatic heterocycles. The lowest BCUT2D eigenvalue weighted by Gasteiger charge is -2.24. The van der Waals surface area contributed by atoms with Gasteiger partial charge in [0, 0.05) is 24.3 Å². The molecule has 1 fully saturated rings. The summed E-state index contributed by atoms with van der Waals surface area (Å²) < 4.78 is 11.9. The van der Waals surface area contributed by atoms with E-state index < -0.39 is 18.9 Å². The zero-order valence-electron chi connectivity index (χ0n) is 23.6. The Labute approximate surface area is 246 Å². The summed E-state index contributed by atoms with van der Waals surface area (Å²) in [5.74, 6) is -1.12. The highest BCUT2D eigenvalue weighted by Crippen LogP contribution is 2.32. The van der Waals surface area contributed by atoms with Gasteiger partial charge in [0.05, 0.1) is 17.7 Å². The van der Waals surface area contributed by atoms with Crippen LogP contribution in [0.5, 0.6) is 5.75 Å². The smallest absolute Gasteiger partial charge is 0.423 e. The molecule has 4 aromatic rings. The monoisotopic (exact) mass is 586 g/mol. The maximum absolute atomic E-state index is 13.7. The van der Waals surface area contributed by atoms with Crippen LogP contribution in [-0.2, 0) is 20.7 Å². The van der Waals surface area contributed by atoms with Crippen LogP contribution in [0, 0.1) is 6.92 Å². The van der Waals surface area contributed by atoms with Gasteiger partial charge in [-0.15, -0.1) is 0 Å². The second kappa shape index (κ2) is 12.6. The zero-order chi connectivity index (χ0) is 30.5. The van der Waals surface area contributed by atoms with Crippen molar-refractivity contribution in [3.05, 3.63) is 83.3 Å². The molecule has 43 heavy (non-hydrogen) atoms. The molecule has 5 rings (SSSR count). The van der Waals surface area contributed by atoms with Crippen LogP contribution in [0.25, 0.3) is 5.52 Å². The van der Waals surface area contributed by atoms with Gasteiger partial charge in [-0.05, 0) is 68.1 Å². The third kappa shape index (κ3) is 6.89. The van der Waals surface area contributed by atoms with Gasteiger partial charge in [0.25, 0.3) is 11.8 Å². The van der Waals surface area contributed by atoms with Gasteiger partial charge in [0.2, 0.25) is 6.79 Å². The molecule has 2 heterocycles. The van der Waals surface area contributed by atoms with E-state index in [2.05, 4.69) is 20.7 Å². The number of rotatable bonds is 10. The number of phenols is 1. The van der Waals surface area contributed by atoms with Crippen molar-refractivity contribution in [2.75, 3.05) is 18.2 Å². The van der Waals surface area contributed by atoms with Crippen LogP contribution in [0.3, 0.4) is 0 Å². The number of ether oxygens (including phenoxy) is 2. The summed E-state index contributed by atoms with van der Waals surface area (Å²) in [6.45, 7) is 3.26. The average molecular weight is 587 g/mol. The Morgan fingerprint density at radius 2 is 1.79 bits per heavy atom. The first-order valence-electron chi connectivity index (χ1n) is 13.7. The molecular formula is C30H30N6O7. The number of benzene rings is 2. The van der Waals surface area contributed by atoms with Gasteiger partial charge in [-0.2, -0.15) is 5.10 Å². The molecule has 3 amide bonds. The van der Waals surface area contributed by atoms with Gasteiger partial charge < -0.3 is 25.2 Å². The van der Waals surface area contributed by atoms with Crippen molar-refractivity contribution < 1.29 is 33.8 Å². The molecule has 13 heteroatoms. The van der Waals surface area contributed by atoms with E-state index >= 15 is 0 Å². The highest BCUT2D eigenvalue weighted by Gasteiger charge is 2.29. The highest BCUT2D eigenvalue weighted by molar-refractivity contribution is 6.03. The van der Waals surface area contributed by atoms with E-state index in [1.54, 1.807) is 44.2 Å². The third-order valence-corrected chi connectivity index (χ3v) is 6.69. The standard InChI is InChI=1S/C30H30N6O7/c1-3-31-28(39)20-7-4-18(2)24(13-20)36(30(41)43-17-42-26(38)12-19-5-10-23(37)11-6-19)27-25-14-21(15-35(25)33-16-32-27)29(40)34-22-8-9-22/h4-7,10-11,13-16,22,37H,3,8-9,12,17H2,1-2H3,(H,31,39)(H,34,40). The fourth-order valence-corrected chi connectivity index (χ4v) is 4.30. The molecule has 3 N–H and O–H groups in total. The van der Waals surface area contributed by atoms with Crippen molar-refractivity contribution in [2.45, 2.75) is 39.2 Å². The summed E-state index contributed by atoms with van der Waals surface area (Å²) in [7, 11) is 0. The van der Waals surface area contributed by atoms with Gasteiger partial charge >= 0.3 is 12.1 Å². The van der Waals surface area contributed by atoms with Gasteiger partial charge in [0.1, 0.15) is 17.6 Å². The van der Waals surface area contributed by atoms with Crippen molar-refractivity contribution in [3.63, 3.8) is 0 Å². The molecule has 0 bridgehead atoms. The number of carbonyl (C=O) groups excluding carboxylic acids is 4. The minimum absolute atomic E-state index is 0.0650. The molecule has 0 unspecified atom stereocenters. The first-order valence-corrected chi connectivity index (χ1v) is 13.7. The number of carbonyl (C=O) groups is 4. The Balaban J connectivity index is 1.44. The molecule has 222 valence electrons. The Morgan fingerprint density at radius 1 is 1.02 bits per heavy atom. The Bertz CT molecular complexity index is 1680. The van der Waals surface area contributed by atoms with Crippen molar-refractivity contribution >= 4 is 40.9 Å². The van der Waals surface area contributed by atoms with Crippen LogP contribution in [0.4, 0.5) is 16.3 Å². The summed E-state index contributed by atoms with van der Waals surface area (Å²) in [6, 6.07) is 12.6. The summed E-state index contributed by atoms with van der Waals surface area (Å²) in [4.78, 5) is 56.9. The van der Waals surface area contributed by atoms with Gasteiger partial charge in [-0.1, -0.05) is 18.2 Å². The highest BCUT2D eigenvalue weighted by atomic mass is 16.7. The van der Waals surface area contributed by atoms with Gasteiger partial charge in [0.15, 0.2) is 5.82 Å². The van der Waals surface area contributed by atoms with E-state index in [0.717, 1.165) is 17.7 Å². The lowest BCUT2D eigenvalue weighted by Crippen LogP contribution is -2.31. The number of hydrogen-bond donors (Lipinski definition) is 3. The van der Waals surface area contributed by atoms with Gasteiger partial charge in [-0.25, -0.2) is 19.2 Å². The first kappa shape index (κ1) is 29.0. The van der Waals surface area contributed by atoms with Crippen molar-refractivity contribution in [1.82, 2.24) is 25.2 Å². The Kier molecular flexibility index (Phi) is 8.51. The first-order chi connectivity index (χ1) is 20.7. The van der Waals surface area contributed by atoms with Crippen LogP contribution < -0.4 is 15.5 Å². The van der Waals surface area contributed by atoms with Crippen LogP contribution in [0.2, 0.25) is 0 Å². The normalized spacial score (nSPS) is 12.4. The second-order valence-electron chi connectivity index (χ2n) is 9.97. The van der Waals surface area contributed by atoms with Crippen molar-refractivity contribution in [3.8, 4) is 5.75 Å². The third-order valence-electron chi connectivity index (χ3n) is 6.69. The number of nitrogens with zero attached hydrogens (tertiary/aromatic N) is 4. The number of phenolic OH excluding ortho intramolecular Hbond substituents is 1. The Hall–Kier alpha value is -5.46. The van der Waals surface area contributed by atoms with E-state index in [4.69, 9.17) is 9.47 Å². The molecule has 1 aliphatic rings. The molecule has 0 saturated heterocycles. The maximum atomic E-state index is 13.7. The van der Waals surface area contributed by atoms with Crippen LogP contribution in [-0.4, -0.2) is 63.0 Å². The summed E-state index contributed by atoms with van der Waals surface area (Å²) >= 11 is 0. The molecule has 0 atom stereocenters. The number of aromatic nitrogens is 3. The van der Waals surface area contributed by atoms with Crippen LogP contribution >= 0.6 is 0 Å². The summed E-state index contributed by atoms with van der Waals surface area (Å²) in [6.07, 6.45) is 3.56. The zero-order valence-corrected chi connectivity index (χ0v) is 23.6. The number of esters is 1. The molecular weight excluding hydrogens is 556 g/mol. The number of amides is 3. The molecule has 0 radical (unpaired) electrons. The Morgan fingerprint density at radius 3 is 2.51 bits per heavy atom.